The summed E-state index contributed by atoms with van der Waals surface area (Å²) < 4.78 is 0. The third kappa shape index (κ3) is 4.68. The number of phenolic OH excluding ortho intramolecular Hbond substituents is 1. The second-order valence-electron chi connectivity index (χ2n) is 10.9. The molecule has 2 aromatic carbocycles. The summed E-state index contributed by atoms with van der Waals surface area (Å²) in [6.07, 6.45) is 6.59. The maximum absolute atomic E-state index is 14.0. The van der Waals surface area contributed by atoms with Gasteiger partial charge < -0.3 is 20.6 Å². The highest BCUT2D eigenvalue weighted by atomic mass is 16.3. The molecule has 1 saturated carbocycles. The number of piperidine rings is 1. The largest absolute Gasteiger partial charge is 0.507 e. The molecule has 7 nitrogen and oxygen atoms in total. The molecule has 0 spiro atoms. The number of para-hydroxylation sites is 1. The standard InChI is InChI=1S/C30H35N5O2/c36-28-9-5-4-8-26(28)27-17-25(20-32-34-27)35-14-12-30(13-15-35,23-6-2-1-3-7-23)29(37)33-24-11-10-21-18-31-19-22(21)16-24/h1-9,17,20-22,24,31,36H,10-16,18-19H2,(H,33,37)/t21-,22+,24-/m1/s1. The van der Waals surface area contributed by atoms with Crippen molar-refractivity contribution in [2.75, 3.05) is 31.1 Å². The fourth-order valence-electron chi connectivity index (χ4n) is 6.66. The van der Waals surface area contributed by atoms with Gasteiger partial charge in [0.25, 0.3) is 0 Å². The van der Waals surface area contributed by atoms with Crippen molar-refractivity contribution in [3.63, 3.8) is 0 Å². The molecule has 3 heterocycles. The van der Waals surface area contributed by atoms with Gasteiger partial charge in [-0.3, -0.25) is 4.79 Å². The summed E-state index contributed by atoms with van der Waals surface area (Å²) in [5.41, 5.74) is 2.83. The van der Waals surface area contributed by atoms with Gasteiger partial charge in [0.15, 0.2) is 0 Å². The first-order chi connectivity index (χ1) is 18.1. The van der Waals surface area contributed by atoms with E-state index >= 15 is 0 Å². The Morgan fingerprint density at radius 2 is 1.76 bits per heavy atom. The monoisotopic (exact) mass is 497 g/mol. The average Bonchev–Trinajstić information content (AvgIpc) is 3.42. The van der Waals surface area contributed by atoms with Gasteiger partial charge in [0.05, 0.1) is 23.0 Å². The summed E-state index contributed by atoms with van der Waals surface area (Å²) >= 11 is 0. The Morgan fingerprint density at radius 1 is 1.00 bits per heavy atom. The molecule has 3 aromatic rings. The van der Waals surface area contributed by atoms with Gasteiger partial charge in [-0.05, 0) is 80.8 Å². The van der Waals surface area contributed by atoms with Crippen LogP contribution in [0.15, 0.2) is 66.9 Å². The van der Waals surface area contributed by atoms with E-state index in [1.165, 1.54) is 6.42 Å². The molecule has 0 unspecified atom stereocenters. The van der Waals surface area contributed by atoms with Crippen molar-refractivity contribution in [1.29, 1.82) is 0 Å². The molecule has 1 aliphatic carbocycles. The van der Waals surface area contributed by atoms with Crippen LogP contribution >= 0.6 is 0 Å². The zero-order chi connectivity index (χ0) is 25.2. The molecule has 3 N–H and O–H groups in total. The van der Waals surface area contributed by atoms with Gasteiger partial charge in [-0.15, -0.1) is 0 Å². The minimum Gasteiger partial charge on any atom is -0.507 e. The summed E-state index contributed by atoms with van der Waals surface area (Å²) in [7, 11) is 0. The van der Waals surface area contributed by atoms with Crippen LogP contribution in [0, 0.1) is 11.8 Å². The Hall–Kier alpha value is -3.45. The predicted molar refractivity (Wildman–Crippen MR) is 144 cm³/mol. The van der Waals surface area contributed by atoms with E-state index < -0.39 is 5.41 Å². The lowest BCUT2D eigenvalue weighted by Gasteiger charge is -2.43. The zero-order valence-corrected chi connectivity index (χ0v) is 21.1. The number of fused-ring (bicyclic) bond motifs is 1. The SMILES string of the molecule is O=C(N[C@@H]1CC[C@@H]2CNC[C@@H]2C1)C1(c2ccccc2)CCN(c2cnnc(-c3ccccc3O)c2)CC1. The van der Waals surface area contributed by atoms with Crippen LogP contribution in [0.25, 0.3) is 11.3 Å². The fourth-order valence-corrected chi connectivity index (χ4v) is 6.66. The van der Waals surface area contributed by atoms with Crippen molar-refractivity contribution in [2.24, 2.45) is 11.8 Å². The molecule has 3 atom stereocenters. The molecule has 2 aliphatic heterocycles. The summed E-state index contributed by atoms with van der Waals surface area (Å²) in [6, 6.07) is 19.7. The quantitative estimate of drug-likeness (QED) is 0.496. The molecule has 0 radical (unpaired) electrons. The summed E-state index contributed by atoms with van der Waals surface area (Å²) in [6.45, 7) is 3.70. The molecule has 3 fully saturated rings. The summed E-state index contributed by atoms with van der Waals surface area (Å²) in [5.74, 6) is 1.83. The van der Waals surface area contributed by atoms with Crippen molar-refractivity contribution in [2.45, 2.75) is 43.6 Å². The molecular formula is C30H35N5O2. The minimum absolute atomic E-state index is 0.176. The predicted octanol–water partition coefficient (Wildman–Crippen LogP) is 3.89. The van der Waals surface area contributed by atoms with Crippen molar-refractivity contribution < 1.29 is 9.90 Å². The number of anilines is 1. The third-order valence-corrected chi connectivity index (χ3v) is 8.85. The molecule has 0 bridgehead atoms. The van der Waals surface area contributed by atoms with Gasteiger partial charge in [0.2, 0.25) is 5.91 Å². The first kappa shape index (κ1) is 23.9. The third-order valence-electron chi connectivity index (χ3n) is 8.85. The molecule has 1 aromatic heterocycles. The van der Waals surface area contributed by atoms with Crippen LogP contribution in [0.2, 0.25) is 0 Å². The number of phenols is 1. The number of hydrogen-bond donors (Lipinski definition) is 3. The van der Waals surface area contributed by atoms with E-state index in [0.29, 0.717) is 17.2 Å². The number of nitrogens with zero attached hydrogens (tertiary/aromatic N) is 3. The Morgan fingerprint density at radius 3 is 2.57 bits per heavy atom. The number of carbonyl (C=O) groups is 1. The van der Waals surface area contributed by atoms with Crippen LogP contribution in [0.3, 0.4) is 0 Å². The maximum atomic E-state index is 14.0. The Balaban J connectivity index is 1.20. The molecule has 37 heavy (non-hydrogen) atoms. The number of carbonyl (C=O) groups excluding carboxylic acids is 1. The fraction of sp³-hybridized carbons (Fsp3) is 0.433. The number of amides is 1. The van der Waals surface area contributed by atoms with E-state index in [9.17, 15) is 9.90 Å². The topological polar surface area (TPSA) is 90.4 Å². The van der Waals surface area contributed by atoms with E-state index in [-0.39, 0.29) is 17.7 Å². The number of rotatable bonds is 5. The molecule has 6 rings (SSSR count). The van der Waals surface area contributed by atoms with Crippen LogP contribution in [0.5, 0.6) is 5.75 Å². The van der Waals surface area contributed by atoms with Crippen molar-refractivity contribution >= 4 is 11.6 Å². The van der Waals surface area contributed by atoms with Gasteiger partial charge in [-0.2, -0.15) is 10.2 Å². The Labute approximate surface area is 218 Å². The van der Waals surface area contributed by atoms with Crippen molar-refractivity contribution in [1.82, 2.24) is 20.8 Å². The van der Waals surface area contributed by atoms with E-state index in [2.05, 4.69) is 37.9 Å². The number of benzene rings is 2. The van der Waals surface area contributed by atoms with Gasteiger partial charge in [-0.25, -0.2) is 0 Å². The first-order valence-electron chi connectivity index (χ1n) is 13.6. The lowest BCUT2D eigenvalue weighted by Crippen LogP contribution is -2.54. The normalized spacial score (nSPS) is 24.9. The van der Waals surface area contributed by atoms with Crippen LogP contribution in [-0.4, -0.2) is 53.4 Å². The molecule has 1 amide bonds. The second kappa shape index (κ2) is 10.1. The van der Waals surface area contributed by atoms with E-state index in [1.54, 1.807) is 18.3 Å². The second-order valence-corrected chi connectivity index (χ2v) is 10.9. The Bertz CT molecular complexity index is 1240. The van der Waals surface area contributed by atoms with Crippen LogP contribution in [-0.2, 0) is 10.2 Å². The van der Waals surface area contributed by atoms with Gasteiger partial charge in [0, 0.05) is 24.7 Å². The smallest absolute Gasteiger partial charge is 0.231 e. The van der Waals surface area contributed by atoms with Gasteiger partial charge >= 0.3 is 0 Å². The van der Waals surface area contributed by atoms with E-state index in [1.807, 2.05) is 36.4 Å². The van der Waals surface area contributed by atoms with Gasteiger partial charge in [0.1, 0.15) is 5.75 Å². The number of hydrogen-bond acceptors (Lipinski definition) is 6. The van der Waals surface area contributed by atoms with Crippen molar-refractivity contribution in [3.8, 4) is 17.0 Å². The summed E-state index contributed by atoms with van der Waals surface area (Å²) in [5, 5.41) is 25.8. The van der Waals surface area contributed by atoms with E-state index in [4.69, 9.17) is 0 Å². The van der Waals surface area contributed by atoms with E-state index in [0.717, 1.165) is 69.0 Å². The highest BCUT2D eigenvalue weighted by Crippen LogP contribution is 2.39. The molecular weight excluding hydrogens is 462 g/mol. The molecule has 192 valence electrons. The molecule has 7 heteroatoms. The van der Waals surface area contributed by atoms with Crippen molar-refractivity contribution in [3.05, 3.63) is 72.4 Å². The maximum Gasteiger partial charge on any atom is 0.231 e. The first-order valence-corrected chi connectivity index (χ1v) is 13.6. The highest BCUT2D eigenvalue weighted by molar-refractivity contribution is 5.89. The Kier molecular flexibility index (Phi) is 6.55. The van der Waals surface area contributed by atoms with Crippen LogP contribution in [0.4, 0.5) is 5.69 Å². The number of aromatic hydroxyl groups is 1. The van der Waals surface area contributed by atoms with Crippen LogP contribution < -0.4 is 15.5 Å². The lowest BCUT2D eigenvalue weighted by atomic mass is 9.71. The zero-order valence-electron chi connectivity index (χ0n) is 21.1. The summed E-state index contributed by atoms with van der Waals surface area (Å²) in [4.78, 5) is 16.3. The highest BCUT2D eigenvalue weighted by Gasteiger charge is 2.44. The lowest BCUT2D eigenvalue weighted by molar-refractivity contribution is -0.128. The molecule has 3 aliphatic rings. The number of nitrogens with one attached hydrogen (secondary N) is 2. The number of aromatic nitrogens is 2. The average molecular weight is 498 g/mol. The van der Waals surface area contributed by atoms with Crippen LogP contribution in [0.1, 0.15) is 37.7 Å². The minimum atomic E-state index is -0.538. The van der Waals surface area contributed by atoms with Gasteiger partial charge in [-0.1, -0.05) is 42.5 Å². The molecule has 2 saturated heterocycles.